The molecule has 2 aromatic rings. The van der Waals surface area contributed by atoms with Gasteiger partial charge in [-0.2, -0.15) is 0 Å². The summed E-state index contributed by atoms with van der Waals surface area (Å²) in [5.74, 6) is 1.10. The van der Waals surface area contributed by atoms with Gasteiger partial charge in [-0.3, -0.25) is 9.80 Å². The number of thioether (sulfide) groups is 1. The SMILES string of the molecule is Cc1ccc(SCCCN(C)[C@@H]2CN(Cc3nc[nH]c3C)C[C@H]2O)cc1. The van der Waals surface area contributed by atoms with Gasteiger partial charge in [0.15, 0.2) is 0 Å². The van der Waals surface area contributed by atoms with E-state index in [1.165, 1.54) is 10.5 Å². The van der Waals surface area contributed by atoms with Crippen LogP contribution >= 0.6 is 11.8 Å². The topological polar surface area (TPSA) is 55.4 Å². The number of aromatic amines is 1. The molecule has 26 heavy (non-hydrogen) atoms. The number of rotatable bonds is 8. The van der Waals surface area contributed by atoms with Crippen LogP contribution in [0.5, 0.6) is 0 Å². The van der Waals surface area contributed by atoms with E-state index in [-0.39, 0.29) is 12.1 Å². The summed E-state index contributed by atoms with van der Waals surface area (Å²) < 4.78 is 0. The quantitative estimate of drug-likeness (QED) is 0.550. The Hall–Kier alpha value is -1.34. The molecule has 1 aliphatic heterocycles. The number of hydrogen-bond donors (Lipinski definition) is 2. The summed E-state index contributed by atoms with van der Waals surface area (Å²) in [6, 6.07) is 8.93. The number of H-pyrrole nitrogens is 1. The van der Waals surface area contributed by atoms with Crippen molar-refractivity contribution in [3.63, 3.8) is 0 Å². The van der Waals surface area contributed by atoms with Crippen LogP contribution in [0.3, 0.4) is 0 Å². The minimum Gasteiger partial charge on any atom is -0.390 e. The molecular weight excluding hydrogens is 344 g/mol. The highest BCUT2D eigenvalue weighted by molar-refractivity contribution is 7.99. The first-order valence-corrected chi connectivity index (χ1v) is 10.3. The number of likely N-dealkylation sites (N-methyl/N-ethyl adjacent to an activating group) is 1. The van der Waals surface area contributed by atoms with Crippen LogP contribution < -0.4 is 0 Å². The normalized spacial score (nSPS) is 21.0. The van der Waals surface area contributed by atoms with E-state index in [2.05, 4.69) is 58.0 Å². The Morgan fingerprint density at radius 3 is 2.73 bits per heavy atom. The van der Waals surface area contributed by atoms with E-state index in [9.17, 15) is 5.11 Å². The fourth-order valence-electron chi connectivity index (χ4n) is 3.47. The van der Waals surface area contributed by atoms with Crippen molar-refractivity contribution >= 4 is 11.8 Å². The minimum absolute atomic E-state index is 0.207. The number of aliphatic hydroxyl groups is 1. The van der Waals surface area contributed by atoms with Crippen LogP contribution in [0.4, 0.5) is 0 Å². The van der Waals surface area contributed by atoms with Gasteiger partial charge in [0.25, 0.3) is 0 Å². The maximum Gasteiger partial charge on any atom is 0.0925 e. The number of aryl methyl sites for hydroxylation is 2. The predicted molar refractivity (Wildman–Crippen MR) is 108 cm³/mol. The molecule has 2 atom stereocenters. The molecule has 0 radical (unpaired) electrons. The van der Waals surface area contributed by atoms with Crippen molar-refractivity contribution in [2.24, 2.45) is 0 Å². The molecule has 0 bridgehead atoms. The van der Waals surface area contributed by atoms with E-state index < -0.39 is 0 Å². The Labute approximate surface area is 160 Å². The average Bonchev–Trinajstić information content (AvgIpc) is 3.19. The van der Waals surface area contributed by atoms with Crippen molar-refractivity contribution in [3.8, 4) is 0 Å². The Kier molecular flexibility index (Phi) is 6.75. The third-order valence-electron chi connectivity index (χ3n) is 5.15. The summed E-state index contributed by atoms with van der Waals surface area (Å²) >= 11 is 1.91. The van der Waals surface area contributed by atoms with Crippen molar-refractivity contribution in [1.29, 1.82) is 0 Å². The molecule has 2 N–H and O–H groups in total. The molecule has 1 fully saturated rings. The Balaban J connectivity index is 1.40. The fraction of sp³-hybridized carbons (Fsp3) is 0.550. The molecule has 2 heterocycles. The van der Waals surface area contributed by atoms with Gasteiger partial charge < -0.3 is 10.1 Å². The van der Waals surface area contributed by atoms with Crippen LogP contribution in [0, 0.1) is 13.8 Å². The first-order chi connectivity index (χ1) is 12.5. The van der Waals surface area contributed by atoms with Crippen LogP contribution in [0.25, 0.3) is 0 Å². The molecule has 1 saturated heterocycles. The molecule has 0 amide bonds. The summed E-state index contributed by atoms with van der Waals surface area (Å²) in [6.45, 7) is 7.60. The van der Waals surface area contributed by atoms with E-state index in [0.29, 0.717) is 0 Å². The van der Waals surface area contributed by atoms with Gasteiger partial charge in [-0.25, -0.2) is 4.98 Å². The van der Waals surface area contributed by atoms with Gasteiger partial charge in [0.2, 0.25) is 0 Å². The summed E-state index contributed by atoms with van der Waals surface area (Å²) in [4.78, 5) is 13.5. The lowest BCUT2D eigenvalue weighted by Gasteiger charge is -2.26. The number of likely N-dealkylation sites (tertiary alicyclic amines) is 1. The Morgan fingerprint density at radius 1 is 1.27 bits per heavy atom. The third-order valence-corrected chi connectivity index (χ3v) is 6.25. The molecule has 3 rings (SSSR count). The van der Waals surface area contributed by atoms with Gasteiger partial charge in [-0.05, 0) is 51.7 Å². The first kappa shape index (κ1) is 19.4. The molecular formula is C20H30N4OS. The molecule has 0 aliphatic carbocycles. The van der Waals surface area contributed by atoms with Crippen molar-refractivity contribution in [3.05, 3.63) is 47.5 Å². The number of nitrogens with one attached hydrogen (secondary N) is 1. The molecule has 0 saturated carbocycles. The van der Waals surface area contributed by atoms with E-state index in [1.807, 2.05) is 18.7 Å². The van der Waals surface area contributed by atoms with E-state index in [1.54, 1.807) is 6.33 Å². The van der Waals surface area contributed by atoms with Crippen molar-refractivity contribution in [1.82, 2.24) is 19.8 Å². The van der Waals surface area contributed by atoms with Crippen LogP contribution in [-0.4, -0.2) is 69.5 Å². The highest BCUT2D eigenvalue weighted by Gasteiger charge is 2.34. The Bertz CT molecular complexity index is 687. The smallest absolute Gasteiger partial charge is 0.0925 e. The monoisotopic (exact) mass is 374 g/mol. The predicted octanol–water partition coefficient (Wildman–Crippen LogP) is 2.69. The number of nitrogens with zero attached hydrogens (tertiary/aromatic N) is 3. The lowest BCUT2D eigenvalue weighted by Crippen LogP contribution is -2.41. The van der Waals surface area contributed by atoms with Gasteiger partial charge in [-0.1, -0.05) is 17.7 Å². The summed E-state index contributed by atoms with van der Waals surface area (Å²) in [7, 11) is 2.13. The summed E-state index contributed by atoms with van der Waals surface area (Å²) in [5.41, 5.74) is 3.50. The first-order valence-electron chi connectivity index (χ1n) is 9.32. The van der Waals surface area contributed by atoms with Crippen LogP contribution in [0.2, 0.25) is 0 Å². The van der Waals surface area contributed by atoms with Crippen molar-refractivity contribution < 1.29 is 5.11 Å². The zero-order valence-electron chi connectivity index (χ0n) is 16.0. The van der Waals surface area contributed by atoms with Crippen LogP contribution in [0.1, 0.15) is 23.4 Å². The number of β-amino-alcohol motifs (C(OH)–C–C–N with tert-alkyl or cyclic N) is 1. The van der Waals surface area contributed by atoms with Gasteiger partial charge in [0, 0.05) is 36.3 Å². The maximum absolute atomic E-state index is 10.5. The maximum atomic E-state index is 10.5. The van der Waals surface area contributed by atoms with Gasteiger partial charge in [-0.15, -0.1) is 11.8 Å². The van der Waals surface area contributed by atoms with Crippen molar-refractivity contribution in [2.45, 2.75) is 43.9 Å². The highest BCUT2D eigenvalue weighted by Crippen LogP contribution is 2.21. The molecule has 1 aliphatic rings. The summed E-state index contributed by atoms with van der Waals surface area (Å²) in [5, 5.41) is 10.5. The second-order valence-corrected chi connectivity index (χ2v) is 8.47. The number of imidazole rings is 1. The second kappa shape index (κ2) is 9.04. The van der Waals surface area contributed by atoms with Gasteiger partial charge in [0.05, 0.1) is 18.1 Å². The number of hydrogen-bond acceptors (Lipinski definition) is 5. The van der Waals surface area contributed by atoms with E-state index in [0.717, 1.165) is 49.7 Å². The zero-order chi connectivity index (χ0) is 18.5. The molecule has 0 spiro atoms. The lowest BCUT2D eigenvalue weighted by atomic mass is 10.2. The van der Waals surface area contributed by atoms with Gasteiger partial charge in [0.1, 0.15) is 0 Å². The zero-order valence-corrected chi connectivity index (χ0v) is 16.8. The molecule has 6 heteroatoms. The number of aromatic nitrogens is 2. The molecule has 142 valence electrons. The highest BCUT2D eigenvalue weighted by atomic mass is 32.2. The van der Waals surface area contributed by atoms with E-state index >= 15 is 0 Å². The summed E-state index contributed by atoms with van der Waals surface area (Å²) in [6.07, 6.45) is 2.58. The molecule has 1 aromatic carbocycles. The van der Waals surface area contributed by atoms with Crippen LogP contribution in [0.15, 0.2) is 35.5 Å². The second-order valence-electron chi connectivity index (χ2n) is 7.30. The largest absolute Gasteiger partial charge is 0.390 e. The van der Waals surface area contributed by atoms with Crippen molar-refractivity contribution in [2.75, 3.05) is 32.4 Å². The standard InChI is InChI=1S/C20H30N4OS/c1-15-5-7-17(8-6-15)26-10-4-9-23(3)19-12-24(13-20(19)25)11-18-16(2)21-14-22-18/h5-8,14,19-20,25H,4,9-13H2,1-3H3,(H,21,22)/t19-,20-/m1/s1. The van der Waals surface area contributed by atoms with Gasteiger partial charge >= 0.3 is 0 Å². The lowest BCUT2D eigenvalue weighted by molar-refractivity contribution is 0.0989. The molecule has 1 aromatic heterocycles. The molecule has 0 unspecified atom stereocenters. The van der Waals surface area contributed by atoms with Crippen LogP contribution in [-0.2, 0) is 6.54 Å². The average molecular weight is 375 g/mol. The third kappa shape index (κ3) is 5.10. The molecule has 5 nitrogen and oxygen atoms in total. The minimum atomic E-state index is -0.288. The number of benzene rings is 1. The Morgan fingerprint density at radius 2 is 2.04 bits per heavy atom. The number of aliphatic hydroxyl groups excluding tert-OH is 1. The van der Waals surface area contributed by atoms with E-state index in [4.69, 9.17) is 0 Å². The fourth-order valence-corrected chi connectivity index (χ4v) is 4.31.